The van der Waals surface area contributed by atoms with Gasteiger partial charge in [-0.2, -0.15) is 0 Å². The Kier molecular flexibility index (Phi) is 4.36. The van der Waals surface area contributed by atoms with Gasteiger partial charge >= 0.3 is 0 Å². The normalized spacial score (nSPS) is 15.4. The number of carbonyl (C=O) groups excluding carboxylic acids is 2. The summed E-state index contributed by atoms with van der Waals surface area (Å²) >= 11 is 0. The summed E-state index contributed by atoms with van der Waals surface area (Å²) in [6.45, 7) is 2.99. The molecule has 3 heterocycles. The second-order valence-corrected chi connectivity index (χ2v) is 5.56. The highest BCUT2D eigenvalue weighted by molar-refractivity contribution is 5.92. The maximum atomic E-state index is 12.2. The average molecular weight is 314 g/mol. The maximum absolute atomic E-state index is 12.2. The van der Waals surface area contributed by atoms with E-state index in [0.717, 1.165) is 5.69 Å². The average Bonchev–Trinajstić information content (AvgIpc) is 3.10. The third-order valence-electron chi connectivity index (χ3n) is 3.86. The van der Waals surface area contributed by atoms with Gasteiger partial charge in [-0.05, 0) is 31.9 Å². The minimum absolute atomic E-state index is 0.0336. The molecule has 1 aliphatic heterocycles. The van der Waals surface area contributed by atoms with E-state index in [2.05, 4.69) is 15.3 Å². The van der Waals surface area contributed by atoms with Crippen molar-refractivity contribution < 1.29 is 14.0 Å². The summed E-state index contributed by atoms with van der Waals surface area (Å²) in [5, 5.41) is 2.95. The third kappa shape index (κ3) is 3.56. The van der Waals surface area contributed by atoms with Gasteiger partial charge in [0.2, 0.25) is 0 Å². The van der Waals surface area contributed by atoms with E-state index in [4.69, 9.17) is 4.42 Å². The lowest BCUT2D eigenvalue weighted by molar-refractivity contribution is 0.0667. The third-order valence-corrected chi connectivity index (χ3v) is 3.86. The van der Waals surface area contributed by atoms with Gasteiger partial charge in [0.1, 0.15) is 5.69 Å². The number of hydrogen-bond donors (Lipinski definition) is 1. The van der Waals surface area contributed by atoms with Gasteiger partial charge in [-0.3, -0.25) is 14.6 Å². The first-order valence-corrected chi connectivity index (χ1v) is 7.56. The Labute approximate surface area is 133 Å². The van der Waals surface area contributed by atoms with E-state index >= 15 is 0 Å². The molecule has 120 valence electrons. The van der Waals surface area contributed by atoms with Crippen LogP contribution in [0, 0.1) is 6.92 Å². The van der Waals surface area contributed by atoms with Crippen molar-refractivity contribution in [2.24, 2.45) is 0 Å². The molecule has 1 N–H and O–H groups in total. The van der Waals surface area contributed by atoms with Gasteiger partial charge in [0.15, 0.2) is 5.76 Å². The number of rotatable bonds is 3. The van der Waals surface area contributed by atoms with Gasteiger partial charge in [0.05, 0.1) is 18.2 Å². The molecule has 0 atom stereocenters. The number of aromatic nitrogens is 2. The molecule has 0 saturated carbocycles. The van der Waals surface area contributed by atoms with Gasteiger partial charge in [-0.1, -0.05) is 0 Å². The fraction of sp³-hybridized carbons (Fsp3) is 0.375. The molecule has 0 spiro atoms. The molecule has 2 aromatic rings. The van der Waals surface area contributed by atoms with Crippen molar-refractivity contribution in [2.45, 2.75) is 25.8 Å². The molecule has 23 heavy (non-hydrogen) atoms. The Balaban J connectivity index is 1.52. The van der Waals surface area contributed by atoms with Crippen LogP contribution >= 0.6 is 0 Å². The number of carbonyl (C=O) groups is 2. The molecule has 2 aromatic heterocycles. The monoisotopic (exact) mass is 314 g/mol. The first-order chi connectivity index (χ1) is 11.1. The molecule has 1 saturated heterocycles. The van der Waals surface area contributed by atoms with Gasteiger partial charge in [-0.25, -0.2) is 4.98 Å². The van der Waals surface area contributed by atoms with Crippen molar-refractivity contribution in [1.29, 1.82) is 0 Å². The Morgan fingerprint density at radius 1 is 1.26 bits per heavy atom. The number of hydrogen-bond acceptors (Lipinski definition) is 5. The van der Waals surface area contributed by atoms with Crippen molar-refractivity contribution in [3.8, 4) is 0 Å². The zero-order valence-corrected chi connectivity index (χ0v) is 12.9. The second-order valence-electron chi connectivity index (χ2n) is 5.56. The van der Waals surface area contributed by atoms with Crippen LogP contribution in [-0.2, 0) is 0 Å². The molecule has 0 aliphatic carbocycles. The van der Waals surface area contributed by atoms with Crippen molar-refractivity contribution >= 4 is 11.8 Å². The van der Waals surface area contributed by atoms with Crippen LogP contribution in [0.25, 0.3) is 0 Å². The summed E-state index contributed by atoms with van der Waals surface area (Å²) in [6.07, 6.45) is 5.94. The minimum Gasteiger partial charge on any atom is -0.459 e. The van der Waals surface area contributed by atoms with E-state index in [1.807, 2.05) is 6.92 Å². The van der Waals surface area contributed by atoms with Gasteiger partial charge in [0, 0.05) is 25.3 Å². The van der Waals surface area contributed by atoms with Crippen LogP contribution in [0.2, 0.25) is 0 Å². The molecule has 1 fully saturated rings. The molecule has 1 aliphatic rings. The smallest absolute Gasteiger partial charge is 0.289 e. The van der Waals surface area contributed by atoms with Crippen molar-refractivity contribution in [3.63, 3.8) is 0 Å². The predicted octanol–water partition coefficient (Wildman–Crippen LogP) is 1.41. The summed E-state index contributed by atoms with van der Waals surface area (Å²) < 4.78 is 5.13. The van der Waals surface area contributed by atoms with Crippen molar-refractivity contribution in [1.82, 2.24) is 20.2 Å². The first-order valence-electron chi connectivity index (χ1n) is 7.56. The van der Waals surface area contributed by atoms with Crippen LogP contribution in [0.3, 0.4) is 0 Å². The van der Waals surface area contributed by atoms with Crippen molar-refractivity contribution in [3.05, 3.63) is 47.9 Å². The summed E-state index contributed by atoms with van der Waals surface area (Å²) in [7, 11) is 0. The molecule has 0 bridgehead atoms. The fourth-order valence-electron chi connectivity index (χ4n) is 2.55. The quantitative estimate of drug-likeness (QED) is 0.925. The maximum Gasteiger partial charge on any atom is 0.289 e. The number of nitrogens with one attached hydrogen (secondary N) is 1. The summed E-state index contributed by atoms with van der Waals surface area (Å²) in [6, 6.07) is 3.39. The van der Waals surface area contributed by atoms with Crippen LogP contribution in [-0.4, -0.2) is 45.8 Å². The molecule has 0 aromatic carbocycles. The lowest BCUT2D eigenvalue weighted by Crippen LogP contribution is -2.46. The highest BCUT2D eigenvalue weighted by Gasteiger charge is 2.26. The first kappa shape index (κ1) is 15.2. The number of nitrogens with zero attached hydrogens (tertiary/aromatic N) is 3. The van der Waals surface area contributed by atoms with E-state index in [1.165, 1.54) is 12.5 Å². The fourth-order valence-corrected chi connectivity index (χ4v) is 2.55. The number of amides is 2. The van der Waals surface area contributed by atoms with E-state index in [-0.39, 0.29) is 17.9 Å². The van der Waals surface area contributed by atoms with Crippen LogP contribution in [0.5, 0.6) is 0 Å². The molecular weight excluding hydrogens is 296 g/mol. The molecule has 7 heteroatoms. The minimum atomic E-state index is -0.228. The number of piperidine rings is 1. The standard InChI is InChI=1S/C16H18N4O3/c1-11-9-18-13(10-17-11)15(21)19-12-4-6-20(7-5-12)16(22)14-3-2-8-23-14/h2-3,8-10,12H,4-7H2,1H3,(H,19,21). The summed E-state index contributed by atoms with van der Waals surface area (Å²) in [4.78, 5) is 34.2. The van der Waals surface area contributed by atoms with E-state index in [0.29, 0.717) is 37.4 Å². The Morgan fingerprint density at radius 2 is 2.04 bits per heavy atom. The van der Waals surface area contributed by atoms with Gasteiger partial charge < -0.3 is 14.6 Å². The number of likely N-dealkylation sites (tertiary alicyclic amines) is 1. The number of aryl methyl sites for hydroxylation is 1. The van der Waals surface area contributed by atoms with Crippen LogP contribution in [0.15, 0.2) is 35.2 Å². The SMILES string of the molecule is Cc1cnc(C(=O)NC2CCN(C(=O)c3ccco3)CC2)cn1. The molecule has 2 amide bonds. The number of furan rings is 1. The van der Waals surface area contributed by atoms with Gasteiger partial charge in [-0.15, -0.1) is 0 Å². The Hall–Kier alpha value is -2.70. The van der Waals surface area contributed by atoms with E-state index in [9.17, 15) is 9.59 Å². The Bertz CT molecular complexity index is 674. The van der Waals surface area contributed by atoms with E-state index < -0.39 is 0 Å². The van der Waals surface area contributed by atoms with Crippen LogP contribution < -0.4 is 5.32 Å². The lowest BCUT2D eigenvalue weighted by Gasteiger charge is -2.31. The summed E-state index contributed by atoms with van der Waals surface area (Å²) in [5.41, 5.74) is 1.08. The van der Waals surface area contributed by atoms with Crippen molar-refractivity contribution in [2.75, 3.05) is 13.1 Å². The predicted molar refractivity (Wildman–Crippen MR) is 81.9 cm³/mol. The zero-order chi connectivity index (χ0) is 16.2. The highest BCUT2D eigenvalue weighted by Crippen LogP contribution is 2.14. The van der Waals surface area contributed by atoms with Crippen LogP contribution in [0.4, 0.5) is 0 Å². The molecule has 0 radical (unpaired) electrons. The Morgan fingerprint density at radius 3 is 2.65 bits per heavy atom. The van der Waals surface area contributed by atoms with Crippen LogP contribution in [0.1, 0.15) is 39.6 Å². The molecule has 0 unspecified atom stereocenters. The largest absolute Gasteiger partial charge is 0.459 e. The van der Waals surface area contributed by atoms with E-state index in [1.54, 1.807) is 23.2 Å². The molecule has 7 nitrogen and oxygen atoms in total. The highest BCUT2D eigenvalue weighted by atomic mass is 16.3. The molecular formula is C16H18N4O3. The molecule has 3 rings (SSSR count). The zero-order valence-electron chi connectivity index (χ0n) is 12.9. The topological polar surface area (TPSA) is 88.3 Å². The summed E-state index contributed by atoms with van der Waals surface area (Å²) in [5.74, 6) is 0.0138. The lowest BCUT2D eigenvalue weighted by atomic mass is 10.0. The second kappa shape index (κ2) is 6.60. The van der Waals surface area contributed by atoms with Gasteiger partial charge in [0.25, 0.3) is 11.8 Å².